The van der Waals surface area contributed by atoms with Crippen LogP contribution in [-0.2, 0) is 4.79 Å². The SMILES string of the molecule is C1=CC2CCC1C2.C=C=C.C=CC(=O)O. The van der Waals surface area contributed by atoms with Gasteiger partial charge in [-0.25, -0.2) is 4.79 Å². The van der Waals surface area contributed by atoms with Crippen LogP contribution in [0.15, 0.2) is 43.7 Å². The van der Waals surface area contributed by atoms with E-state index >= 15 is 0 Å². The van der Waals surface area contributed by atoms with E-state index < -0.39 is 5.97 Å². The molecule has 0 aromatic carbocycles. The minimum atomic E-state index is -0.981. The zero-order valence-electron chi connectivity index (χ0n) is 8.98. The summed E-state index contributed by atoms with van der Waals surface area (Å²) in [6.07, 6.45) is 10.0. The van der Waals surface area contributed by atoms with Gasteiger partial charge < -0.3 is 5.11 Å². The summed E-state index contributed by atoms with van der Waals surface area (Å²) in [6, 6.07) is 0. The molecule has 2 atom stereocenters. The van der Waals surface area contributed by atoms with Crippen molar-refractivity contribution in [2.75, 3.05) is 0 Å². The standard InChI is InChI=1S/C7H10.C3H4O2.C3H4/c1-2-7-4-3-6(1)5-7;1-2-3(4)5;1-3-2/h1-2,6-7H,3-5H2;2H,1H2,(H,4,5);1-2H2. The molecule has 0 heterocycles. The normalized spacial score (nSPS) is 24.0. The Hall–Kier alpha value is -1.53. The smallest absolute Gasteiger partial charge is 0.327 e. The van der Waals surface area contributed by atoms with Gasteiger partial charge in [-0.1, -0.05) is 31.9 Å². The molecule has 1 saturated carbocycles. The van der Waals surface area contributed by atoms with Crippen LogP contribution in [0.25, 0.3) is 0 Å². The number of hydrogen-bond donors (Lipinski definition) is 1. The van der Waals surface area contributed by atoms with E-state index in [1.165, 1.54) is 19.3 Å². The Morgan fingerprint density at radius 2 is 1.67 bits per heavy atom. The molecule has 82 valence electrons. The molecule has 2 aliphatic carbocycles. The van der Waals surface area contributed by atoms with E-state index in [-0.39, 0.29) is 0 Å². The lowest BCUT2D eigenvalue weighted by Crippen LogP contribution is -1.82. The highest BCUT2D eigenvalue weighted by Gasteiger charge is 2.25. The summed E-state index contributed by atoms with van der Waals surface area (Å²) in [7, 11) is 0. The maximum Gasteiger partial charge on any atom is 0.327 e. The second-order valence-electron chi connectivity index (χ2n) is 3.51. The Labute approximate surface area is 91.3 Å². The molecule has 0 aromatic heterocycles. The van der Waals surface area contributed by atoms with Crippen molar-refractivity contribution in [2.45, 2.75) is 19.3 Å². The van der Waals surface area contributed by atoms with Gasteiger partial charge in [0, 0.05) is 6.08 Å². The van der Waals surface area contributed by atoms with E-state index in [2.05, 4.69) is 37.6 Å². The third kappa shape index (κ3) is 6.53. The van der Waals surface area contributed by atoms with E-state index in [0.29, 0.717) is 0 Å². The number of rotatable bonds is 1. The van der Waals surface area contributed by atoms with Gasteiger partial charge in [-0.3, -0.25) is 0 Å². The van der Waals surface area contributed by atoms with Crippen LogP contribution >= 0.6 is 0 Å². The largest absolute Gasteiger partial charge is 0.478 e. The van der Waals surface area contributed by atoms with E-state index in [1.807, 2.05) is 0 Å². The molecule has 2 rings (SSSR count). The lowest BCUT2D eigenvalue weighted by molar-refractivity contribution is -0.131. The van der Waals surface area contributed by atoms with Gasteiger partial charge in [0.05, 0.1) is 0 Å². The molecular weight excluding hydrogens is 188 g/mol. The van der Waals surface area contributed by atoms with E-state index in [0.717, 1.165) is 17.9 Å². The van der Waals surface area contributed by atoms with Gasteiger partial charge in [0.1, 0.15) is 0 Å². The lowest BCUT2D eigenvalue weighted by Gasteiger charge is -1.96. The van der Waals surface area contributed by atoms with Gasteiger partial charge in [0.15, 0.2) is 0 Å². The second kappa shape index (κ2) is 7.84. The van der Waals surface area contributed by atoms with Crippen molar-refractivity contribution in [3.8, 4) is 0 Å². The van der Waals surface area contributed by atoms with Crippen LogP contribution in [0.1, 0.15) is 19.3 Å². The van der Waals surface area contributed by atoms with E-state index in [4.69, 9.17) is 5.11 Å². The zero-order valence-corrected chi connectivity index (χ0v) is 8.98. The average Bonchev–Trinajstić information content (AvgIpc) is 2.83. The summed E-state index contributed by atoms with van der Waals surface area (Å²) in [6.45, 7) is 9.21. The number of fused-ring (bicyclic) bond motifs is 2. The molecule has 2 aliphatic rings. The van der Waals surface area contributed by atoms with Gasteiger partial charge in [0.2, 0.25) is 0 Å². The van der Waals surface area contributed by atoms with Crippen LogP contribution in [0.2, 0.25) is 0 Å². The topological polar surface area (TPSA) is 37.3 Å². The first kappa shape index (κ1) is 13.5. The van der Waals surface area contributed by atoms with Crippen molar-refractivity contribution in [1.82, 2.24) is 0 Å². The minimum Gasteiger partial charge on any atom is -0.478 e. The number of aliphatic carboxylic acids is 1. The van der Waals surface area contributed by atoms with Gasteiger partial charge in [-0.15, -0.1) is 5.73 Å². The highest BCUT2D eigenvalue weighted by Crippen LogP contribution is 2.38. The minimum absolute atomic E-state index is 0.833. The molecule has 0 saturated heterocycles. The third-order valence-electron chi connectivity index (χ3n) is 2.34. The van der Waals surface area contributed by atoms with Crippen LogP contribution in [0.5, 0.6) is 0 Å². The zero-order chi connectivity index (χ0) is 11.7. The maximum absolute atomic E-state index is 9.25. The molecule has 2 bridgehead atoms. The monoisotopic (exact) mass is 206 g/mol. The Morgan fingerprint density at radius 1 is 1.33 bits per heavy atom. The number of carboxylic acids is 1. The molecule has 0 amide bonds. The highest BCUT2D eigenvalue weighted by molar-refractivity contribution is 5.78. The molecule has 1 N–H and O–H groups in total. The molecule has 2 unspecified atom stereocenters. The van der Waals surface area contributed by atoms with Crippen LogP contribution < -0.4 is 0 Å². The van der Waals surface area contributed by atoms with E-state index in [9.17, 15) is 4.79 Å². The van der Waals surface area contributed by atoms with Crippen LogP contribution in [0.3, 0.4) is 0 Å². The second-order valence-corrected chi connectivity index (χ2v) is 3.51. The number of carbonyl (C=O) groups is 1. The van der Waals surface area contributed by atoms with Crippen LogP contribution in [0, 0.1) is 11.8 Å². The summed E-state index contributed by atoms with van der Waals surface area (Å²) >= 11 is 0. The fourth-order valence-electron chi connectivity index (χ4n) is 1.72. The molecular formula is C13H18O2. The Morgan fingerprint density at radius 3 is 1.73 bits per heavy atom. The summed E-state index contributed by atoms with van der Waals surface area (Å²) < 4.78 is 0. The molecule has 1 fully saturated rings. The molecule has 0 radical (unpaired) electrons. The number of hydrogen-bond acceptors (Lipinski definition) is 1. The fourth-order valence-corrected chi connectivity index (χ4v) is 1.72. The maximum atomic E-state index is 9.25. The Kier molecular flexibility index (Phi) is 7.04. The summed E-state index contributed by atoms with van der Waals surface area (Å²) in [5.41, 5.74) is 2.25. The first-order valence-electron chi connectivity index (χ1n) is 4.96. The van der Waals surface area contributed by atoms with E-state index in [1.54, 1.807) is 0 Å². The summed E-state index contributed by atoms with van der Waals surface area (Å²) in [5, 5.41) is 7.60. The van der Waals surface area contributed by atoms with Crippen molar-refractivity contribution in [3.63, 3.8) is 0 Å². The predicted molar refractivity (Wildman–Crippen MR) is 62.6 cm³/mol. The first-order valence-corrected chi connectivity index (χ1v) is 4.96. The fraction of sp³-hybridized carbons (Fsp3) is 0.385. The first-order chi connectivity index (χ1) is 7.13. The van der Waals surface area contributed by atoms with Gasteiger partial charge in [-0.2, -0.15) is 0 Å². The average molecular weight is 206 g/mol. The predicted octanol–water partition coefficient (Wildman–Crippen LogP) is 3.19. The van der Waals surface area contributed by atoms with Crippen LogP contribution in [-0.4, -0.2) is 11.1 Å². The molecule has 0 spiro atoms. The highest BCUT2D eigenvalue weighted by atomic mass is 16.4. The van der Waals surface area contributed by atoms with Crippen molar-refractivity contribution in [2.24, 2.45) is 11.8 Å². The Balaban J connectivity index is 0.000000219. The number of allylic oxidation sites excluding steroid dienone is 2. The third-order valence-corrected chi connectivity index (χ3v) is 2.34. The molecule has 15 heavy (non-hydrogen) atoms. The molecule has 2 heteroatoms. The lowest BCUT2D eigenvalue weighted by atomic mass is 10.1. The number of carboxylic acid groups (broad SMARTS) is 1. The molecule has 0 aromatic rings. The summed E-state index contributed by atoms with van der Waals surface area (Å²) in [5.74, 6) is 1.00. The summed E-state index contributed by atoms with van der Waals surface area (Å²) in [4.78, 5) is 9.25. The van der Waals surface area contributed by atoms with Crippen molar-refractivity contribution >= 4 is 5.97 Å². The quantitative estimate of drug-likeness (QED) is 0.406. The van der Waals surface area contributed by atoms with Gasteiger partial charge in [0.25, 0.3) is 0 Å². The molecule has 0 aliphatic heterocycles. The van der Waals surface area contributed by atoms with Crippen molar-refractivity contribution in [1.29, 1.82) is 0 Å². The van der Waals surface area contributed by atoms with Crippen molar-refractivity contribution < 1.29 is 9.90 Å². The van der Waals surface area contributed by atoms with Crippen LogP contribution in [0.4, 0.5) is 0 Å². The van der Waals surface area contributed by atoms with Crippen molar-refractivity contribution in [3.05, 3.63) is 43.7 Å². The molecule has 2 nitrogen and oxygen atoms in total. The van der Waals surface area contributed by atoms with Gasteiger partial charge in [-0.05, 0) is 31.1 Å². The Bertz CT molecular complexity index is 258. The van der Waals surface area contributed by atoms with Gasteiger partial charge >= 0.3 is 5.97 Å².